The fraction of sp³-hybridized carbons (Fsp3) is 0.647. The summed E-state index contributed by atoms with van der Waals surface area (Å²) in [6, 6.07) is 0. The standard InChI is InChI=1S/C17H26N6O3S2/c1-5-7-14-15(27-20-18-14)17(24)22-8-6-9-23(11-10-22)28(25,26)16-12(2)19-21(4)13(16)3/h5-11H2,1-4H3. The van der Waals surface area contributed by atoms with Gasteiger partial charge in [-0.05, 0) is 38.2 Å². The van der Waals surface area contributed by atoms with E-state index in [4.69, 9.17) is 0 Å². The number of nitrogens with zero attached hydrogens (tertiary/aromatic N) is 6. The lowest BCUT2D eigenvalue weighted by Gasteiger charge is -2.22. The zero-order valence-corrected chi connectivity index (χ0v) is 18.3. The zero-order valence-electron chi connectivity index (χ0n) is 16.7. The molecular weight excluding hydrogens is 400 g/mol. The van der Waals surface area contributed by atoms with Crippen LogP contribution < -0.4 is 0 Å². The molecule has 3 rings (SSSR count). The third-order valence-electron chi connectivity index (χ3n) is 5.02. The van der Waals surface area contributed by atoms with E-state index in [2.05, 4.69) is 14.7 Å². The van der Waals surface area contributed by atoms with Crippen LogP contribution in [0.25, 0.3) is 0 Å². The van der Waals surface area contributed by atoms with Crippen molar-refractivity contribution in [2.24, 2.45) is 7.05 Å². The molecule has 2 aromatic rings. The van der Waals surface area contributed by atoms with Crippen LogP contribution >= 0.6 is 11.5 Å². The van der Waals surface area contributed by atoms with Crippen molar-refractivity contribution in [3.8, 4) is 0 Å². The molecule has 154 valence electrons. The summed E-state index contributed by atoms with van der Waals surface area (Å²) in [6.45, 7) is 7.00. The van der Waals surface area contributed by atoms with E-state index in [1.807, 2.05) is 6.92 Å². The molecule has 3 heterocycles. The Morgan fingerprint density at radius 3 is 2.57 bits per heavy atom. The van der Waals surface area contributed by atoms with Crippen molar-refractivity contribution in [1.82, 2.24) is 28.6 Å². The fourth-order valence-electron chi connectivity index (χ4n) is 3.51. The van der Waals surface area contributed by atoms with Gasteiger partial charge in [-0.1, -0.05) is 17.8 Å². The van der Waals surface area contributed by atoms with Crippen molar-refractivity contribution in [3.63, 3.8) is 0 Å². The van der Waals surface area contributed by atoms with Crippen LogP contribution in [-0.2, 0) is 23.5 Å². The van der Waals surface area contributed by atoms with Gasteiger partial charge >= 0.3 is 0 Å². The SMILES string of the molecule is CCCc1nnsc1C(=O)N1CCCN(S(=O)(=O)c2c(C)nn(C)c2C)CC1. The Balaban J connectivity index is 1.78. The van der Waals surface area contributed by atoms with Crippen molar-refractivity contribution >= 4 is 27.5 Å². The minimum absolute atomic E-state index is 0.105. The van der Waals surface area contributed by atoms with Gasteiger partial charge in [-0.3, -0.25) is 9.48 Å². The molecule has 0 atom stereocenters. The summed E-state index contributed by atoms with van der Waals surface area (Å²) in [4.78, 5) is 15.5. The molecule has 0 radical (unpaired) electrons. The lowest BCUT2D eigenvalue weighted by atomic mass is 10.2. The maximum absolute atomic E-state index is 13.2. The molecule has 1 aliphatic heterocycles. The number of rotatable bonds is 5. The number of carbonyl (C=O) groups excluding carboxylic acids is 1. The molecule has 1 fully saturated rings. The van der Waals surface area contributed by atoms with Gasteiger partial charge in [0.2, 0.25) is 10.0 Å². The summed E-state index contributed by atoms with van der Waals surface area (Å²) in [5.74, 6) is -0.105. The Bertz CT molecular complexity index is 966. The highest BCUT2D eigenvalue weighted by atomic mass is 32.2. The second kappa shape index (κ2) is 8.26. The molecule has 0 unspecified atom stereocenters. The molecular formula is C17H26N6O3S2. The number of hydrogen-bond acceptors (Lipinski definition) is 7. The molecule has 0 aromatic carbocycles. The van der Waals surface area contributed by atoms with Crippen molar-refractivity contribution < 1.29 is 13.2 Å². The minimum atomic E-state index is -3.66. The lowest BCUT2D eigenvalue weighted by Crippen LogP contribution is -2.37. The lowest BCUT2D eigenvalue weighted by molar-refractivity contribution is 0.0767. The first-order valence-corrected chi connectivity index (χ1v) is 11.6. The number of carbonyl (C=O) groups is 1. The van der Waals surface area contributed by atoms with E-state index >= 15 is 0 Å². The Morgan fingerprint density at radius 2 is 1.93 bits per heavy atom. The quantitative estimate of drug-likeness (QED) is 0.716. The summed E-state index contributed by atoms with van der Waals surface area (Å²) < 4.78 is 33.4. The van der Waals surface area contributed by atoms with Gasteiger partial charge in [0.05, 0.1) is 17.1 Å². The van der Waals surface area contributed by atoms with Crippen molar-refractivity contribution in [1.29, 1.82) is 0 Å². The monoisotopic (exact) mass is 426 g/mol. The molecule has 0 aliphatic carbocycles. The molecule has 0 N–H and O–H groups in total. The van der Waals surface area contributed by atoms with E-state index in [1.165, 1.54) is 4.31 Å². The second-order valence-electron chi connectivity index (χ2n) is 6.97. The molecule has 9 nitrogen and oxygen atoms in total. The first-order valence-electron chi connectivity index (χ1n) is 9.38. The largest absolute Gasteiger partial charge is 0.336 e. The first-order chi connectivity index (χ1) is 13.3. The van der Waals surface area contributed by atoms with Gasteiger partial charge in [0.25, 0.3) is 5.91 Å². The molecule has 2 aromatic heterocycles. The molecule has 0 bridgehead atoms. The summed E-state index contributed by atoms with van der Waals surface area (Å²) in [7, 11) is -1.92. The van der Waals surface area contributed by atoms with E-state index < -0.39 is 10.0 Å². The maximum Gasteiger partial charge on any atom is 0.267 e. The van der Waals surface area contributed by atoms with Crippen molar-refractivity contribution in [2.45, 2.75) is 44.9 Å². The van der Waals surface area contributed by atoms with E-state index in [0.29, 0.717) is 48.7 Å². The first kappa shape index (κ1) is 20.9. The zero-order chi connectivity index (χ0) is 20.5. The Kier molecular flexibility index (Phi) is 6.15. The third kappa shape index (κ3) is 3.83. The van der Waals surface area contributed by atoms with Gasteiger partial charge in [0.15, 0.2) is 0 Å². The van der Waals surface area contributed by atoms with Gasteiger partial charge in [-0.2, -0.15) is 9.40 Å². The highest BCUT2D eigenvalue weighted by Gasteiger charge is 2.33. The third-order valence-corrected chi connectivity index (χ3v) is 7.93. The Labute approximate surface area is 169 Å². The van der Waals surface area contributed by atoms with Crippen LogP contribution in [0.15, 0.2) is 4.90 Å². The number of hydrogen-bond donors (Lipinski definition) is 0. The van der Waals surface area contributed by atoms with E-state index in [9.17, 15) is 13.2 Å². The molecule has 0 spiro atoms. The van der Waals surface area contributed by atoms with Gasteiger partial charge in [0, 0.05) is 33.2 Å². The van der Waals surface area contributed by atoms with E-state index in [1.54, 1.807) is 30.5 Å². The van der Waals surface area contributed by atoms with Gasteiger partial charge in [-0.25, -0.2) is 8.42 Å². The molecule has 1 saturated heterocycles. The Morgan fingerprint density at radius 1 is 1.18 bits per heavy atom. The summed E-state index contributed by atoms with van der Waals surface area (Å²) in [6.07, 6.45) is 2.19. The minimum Gasteiger partial charge on any atom is -0.336 e. The van der Waals surface area contributed by atoms with Gasteiger partial charge < -0.3 is 4.90 Å². The van der Waals surface area contributed by atoms with Gasteiger partial charge in [-0.15, -0.1) is 5.10 Å². The predicted molar refractivity (Wildman–Crippen MR) is 106 cm³/mol. The summed E-state index contributed by atoms with van der Waals surface area (Å²) in [5, 5.41) is 8.30. The predicted octanol–water partition coefficient (Wildman–Crippen LogP) is 1.38. The van der Waals surface area contributed by atoms with Crippen LogP contribution in [0.5, 0.6) is 0 Å². The van der Waals surface area contributed by atoms with Crippen LogP contribution in [0.2, 0.25) is 0 Å². The molecule has 28 heavy (non-hydrogen) atoms. The smallest absolute Gasteiger partial charge is 0.267 e. The van der Waals surface area contributed by atoms with Crippen LogP contribution in [0.3, 0.4) is 0 Å². The highest BCUT2D eigenvalue weighted by molar-refractivity contribution is 7.89. The number of aromatic nitrogens is 4. The van der Waals surface area contributed by atoms with Crippen LogP contribution in [0, 0.1) is 13.8 Å². The molecule has 11 heteroatoms. The second-order valence-corrected chi connectivity index (χ2v) is 9.60. The average Bonchev–Trinajstić information content (AvgIpc) is 3.08. The van der Waals surface area contributed by atoms with E-state index in [-0.39, 0.29) is 17.3 Å². The van der Waals surface area contributed by atoms with Crippen molar-refractivity contribution in [3.05, 3.63) is 22.0 Å². The molecule has 1 aliphatic rings. The topological polar surface area (TPSA) is 101 Å². The number of aryl methyl sites for hydroxylation is 3. The van der Waals surface area contributed by atoms with Crippen molar-refractivity contribution in [2.75, 3.05) is 26.2 Å². The van der Waals surface area contributed by atoms with E-state index in [0.717, 1.165) is 23.6 Å². The summed E-state index contributed by atoms with van der Waals surface area (Å²) >= 11 is 1.11. The van der Waals surface area contributed by atoms with Crippen LogP contribution in [0.4, 0.5) is 0 Å². The number of amides is 1. The average molecular weight is 427 g/mol. The molecule has 1 amide bonds. The van der Waals surface area contributed by atoms with Gasteiger partial charge in [0.1, 0.15) is 9.77 Å². The normalized spacial score (nSPS) is 16.4. The van der Waals surface area contributed by atoms with Crippen LogP contribution in [0.1, 0.15) is 46.5 Å². The number of sulfonamides is 1. The highest BCUT2D eigenvalue weighted by Crippen LogP contribution is 2.24. The maximum atomic E-state index is 13.2. The molecule has 0 saturated carbocycles. The Hall–Kier alpha value is -1.85. The fourth-order valence-corrected chi connectivity index (χ4v) is 6.05. The van der Waals surface area contributed by atoms with Crippen LogP contribution in [-0.4, -0.2) is 69.1 Å². The summed E-state index contributed by atoms with van der Waals surface area (Å²) in [5.41, 5.74) is 1.85.